The number of benzene rings is 1. The number of hydrogen-bond donors (Lipinski definition) is 2. The maximum absolute atomic E-state index is 13.6. The van der Waals surface area contributed by atoms with Crippen molar-refractivity contribution < 1.29 is 37.1 Å². The molecule has 0 aliphatic carbocycles. The van der Waals surface area contributed by atoms with E-state index in [1.54, 1.807) is 17.0 Å². The van der Waals surface area contributed by atoms with Crippen molar-refractivity contribution in [2.75, 3.05) is 58.9 Å². The number of carbonyl (C=O) groups is 3. The third-order valence-electron chi connectivity index (χ3n) is 6.02. The zero-order chi connectivity index (χ0) is 26.6. The second-order valence-electron chi connectivity index (χ2n) is 8.74. The number of carboxylic acid groups (broad SMARTS) is 1. The third-order valence-corrected chi connectivity index (χ3v) is 6.02. The molecule has 2 heterocycles. The average Bonchev–Trinajstić information content (AvgIpc) is 2.86. The Hall–Kier alpha value is -2.73. The van der Waals surface area contributed by atoms with Gasteiger partial charge in [0.15, 0.2) is 0 Å². The molecule has 0 unspecified atom stereocenters. The van der Waals surface area contributed by atoms with Crippen LogP contribution in [0, 0.1) is 5.82 Å². The predicted molar refractivity (Wildman–Crippen MR) is 125 cm³/mol. The molecule has 0 atom stereocenters. The lowest BCUT2D eigenvalue weighted by Crippen LogP contribution is -2.47. The van der Waals surface area contributed by atoms with E-state index >= 15 is 0 Å². The molecule has 2 amide bonds. The number of carboxylic acids is 1. The smallest absolute Gasteiger partial charge is 0.475 e. The van der Waals surface area contributed by atoms with Crippen molar-refractivity contribution in [2.45, 2.75) is 38.3 Å². The SMILES string of the molecule is O=C(CCN(CCCN1CCCCC1)C(=O)c1cccc(F)c1)N1CCNCC1.O=C(O)C(F)(F)F. The van der Waals surface area contributed by atoms with Crippen molar-refractivity contribution in [3.8, 4) is 0 Å². The summed E-state index contributed by atoms with van der Waals surface area (Å²) in [5.74, 6) is -3.29. The summed E-state index contributed by atoms with van der Waals surface area (Å²) in [7, 11) is 0. The zero-order valence-electron chi connectivity index (χ0n) is 20.2. The Morgan fingerprint density at radius 1 is 1.00 bits per heavy atom. The topological polar surface area (TPSA) is 93.2 Å². The molecule has 36 heavy (non-hydrogen) atoms. The number of piperidine rings is 1. The molecule has 0 saturated carbocycles. The maximum Gasteiger partial charge on any atom is 0.490 e. The van der Waals surface area contributed by atoms with Gasteiger partial charge in [-0.1, -0.05) is 12.5 Å². The fraction of sp³-hybridized carbons (Fsp3) is 0.625. The summed E-state index contributed by atoms with van der Waals surface area (Å²) in [5.41, 5.74) is 0.345. The van der Waals surface area contributed by atoms with Crippen LogP contribution in [0.5, 0.6) is 0 Å². The normalized spacial score (nSPS) is 16.6. The van der Waals surface area contributed by atoms with Crippen LogP contribution in [-0.4, -0.2) is 103 Å². The van der Waals surface area contributed by atoms with Gasteiger partial charge >= 0.3 is 12.1 Å². The molecule has 2 saturated heterocycles. The van der Waals surface area contributed by atoms with Crippen LogP contribution in [0.1, 0.15) is 42.5 Å². The molecule has 2 aliphatic heterocycles. The predicted octanol–water partition coefficient (Wildman–Crippen LogP) is 2.60. The van der Waals surface area contributed by atoms with Gasteiger partial charge in [0, 0.05) is 51.3 Å². The van der Waals surface area contributed by atoms with Gasteiger partial charge < -0.3 is 25.1 Å². The minimum Gasteiger partial charge on any atom is -0.475 e. The standard InChI is InChI=1S/C22H33FN4O2.C2HF3O2/c23-20-7-4-6-19(18-20)22(29)27(14-5-13-25-11-2-1-3-12-25)15-8-21(28)26-16-9-24-10-17-26;3-2(4,5)1(6)7/h4,6-7,18,24H,1-3,5,8-17H2;(H,6,7). The van der Waals surface area contributed by atoms with Gasteiger partial charge in [-0.25, -0.2) is 9.18 Å². The summed E-state index contributed by atoms with van der Waals surface area (Å²) in [4.78, 5) is 40.4. The molecule has 8 nitrogen and oxygen atoms in total. The highest BCUT2D eigenvalue weighted by molar-refractivity contribution is 5.94. The molecule has 1 aromatic rings. The van der Waals surface area contributed by atoms with Crippen LogP contribution >= 0.6 is 0 Å². The molecule has 2 aliphatic rings. The number of carbonyl (C=O) groups excluding carboxylic acids is 2. The van der Waals surface area contributed by atoms with E-state index in [1.165, 1.54) is 31.4 Å². The van der Waals surface area contributed by atoms with E-state index in [9.17, 15) is 27.2 Å². The summed E-state index contributed by atoms with van der Waals surface area (Å²) in [5, 5.41) is 10.4. The van der Waals surface area contributed by atoms with Gasteiger partial charge in [0.2, 0.25) is 5.91 Å². The van der Waals surface area contributed by atoms with Crippen LogP contribution in [-0.2, 0) is 9.59 Å². The third kappa shape index (κ3) is 10.5. The summed E-state index contributed by atoms with van der Waals surface area (Å²) in [6.07, 6.45) is -0.126. The summed E-state index contributed by atoms with van der Waals surface area (Å²) in [6.45, 7) is 7.22. The van der Waals surface area contributed by atoms with Gasteiger partial charge in [-0.3, -0.25) is 9.59 Å². The van der Waals surface area contributed by atoms with Crippen LogP contribution in [0.3, 0.4) is 0 Å². The number of likely N-dealkylation sites (tertiary alicyclic amines) is 1. The van der Waals surface area contributed by atoms with Crippen LogP contribution in [0.4, 0.5) is 17.6 Å². The number of halogens is 4. The second kappa shape index (κ2) is 14.7. The number of amides is 2. The van der Waals surface area contributed by atoms with E-state index in [-0.39, 0.29) is 11.8 Å². The van der Waals surface area contributed by atoms with Crippen molar-refractivity contribution >= 4 is 17.8 Å². The molecule has 2 fully saturated rings. The lowest BCUT2D eigenvalue weighted by molar-refractivity contribution is -0.192. The molecular formula is C24H34F4N4O4. The summed E-state index contributed by atoms with van der Waals surface area (Å²) >= 11 is 0. The number of alkyl halides is 3. The van der Waals surface area contributed by atoms with Crippen molar-refractivity contribution in [1.82, 2.24) is 20.0 Å². The Labute approximate surface area is 208 Å². The van der Waals surface area contributed by atoms with Crippen molar-refractivity contribution in [1.29, 1.82) is 0 Å². The minimum absolute atomic E-state index is 0.0829. The lowest BCUT2D eigenvalue weighted by Gasteiger charge is -2.30. The Morgan fingerprint density at radius 3 is 2.22 bits per heavy atom. The highest BCUT2D eigenvalue weighted by Crippen LogP contribution is 2.13. The number of rotatable bonds is 8. The van der Waals surface area contributed by atoms with Crippen LogP contribution < -0.4 is 5.32 Å². The van der Waals surface area contributed by atoms with Crippen molar-refractivity contribution in [3.05, 3.63) is 35.6 Å². The first kappa shape index (κ1) is 29.5. The van der Waals surface area contributed by atoms with Gasteiger partial charge in [-0.05, 0) is 57.1 Å². The highest BCUT2D eigenvalue weighted by Gasteiger charge is 2.38. The molecule has 0 aromatic heterocycles. The Morgan fingerprint density at radius 2 is 1.64 bits per heavy atom. The molecule has 202 valence electrons. The quantitative estimate of drug-likeness (QED) is 0.514. The van der Waals surface area contributed by atoms with Gasteiger partial charge in [0.1, 0.15) is 5.82 Å². The second-order valence-corrected chi connectivity index (χ2v) is 8.74. The molecule has 12 heteroatoms. The number of nitrogens with one attached hydrogen (secondary N) is 1. The molecule has 2 N–H and O–H groups in total. The van der Waals surface area contributed by atoms with Crippen molar-refractivity contribution in [3.63, 3.8) is 0 Å². The van der Waals surface area contributed by atoms with Crippen LogP contribution in [0.15, 0.2) is 24.3 Å². The van der Waals surface area contributed by atoms with Crippen molar-refractivity contribution in [2.24, 2.45) is 0 Å². The molecular weight excluding hydrogens is 484 g/mol. The number of piperazine rings is 1. The first-order valence-electron chi connectivity index (χ1n) is 12.1. The minimum atomic E-state index is -5.08. The first-order valence-corrected chi connectivity index (χ1v) is 12.1. The van der Waals surface area contributed by atoms with E-state index in [4.69, 9.17) is 9.90 Å². The Kier molecular flexibility index (Phi) is 12.1. The monoisotopic (exact) mass is 518 g/mol. The summed E-state index contributed by atoms with van der Waals surface area (Å²) < 4.78 is 45.3. The van der Waals surface area contributed by atoms with Gasteiger partial charge in [0.05, 0.1) is 0 Å². The van der Waals surface area contributed by atoms with Crippen LogP contribution in [0.25, 0.3) is 0 Å². The van der Waals surface area contributed by atoms with Gasteiger partial charge in [-0.15, -0.1) is 0 Å². The van der Waals surface area contributed by atoms with E-state index < -0.39 is 18.0 Å². The highest BCUT2D eigenvalue weighted by atomic mass is 19.4. The number of nitrogens with zero attached hydrogens (tertiary/aromatic N) is 3. The fourth-order valence-corrected chi connectivity index (χ4v) is 4.09. The van der Waals surface area contributed by atoms with Crippen LogP contribution in [0.2, 0.25) is 0 Å². The zero-order valence-corrected chi connectivity index (χ0v) is 20.2. The van der Waals surface area contributed by atoms with E-state index in [2.05, 4.69) is 10.2 Å². The molecule has 0 spiro atoms. The van der Waals surface area contributed by atoms with Gasteiger partial charge in [-0.2, -0.15) is 13.2 Å². The fourth-order valence-electron chi connectivity index (χ4n) is 4.09. The molecule has 0 radical (unpaired) electrons. The van der Waals surface area contributed by atoms with E-state index in [1.807, 2.05) is 4.90 Å². The number of aliphatic carboxylic acids is 1. The molecule has 3 rings (SSSR count). The van der Waals surface area contributed by atoms with E-state index in [0.717, 1.165) is 39.1 Å². The van der Waals surface area contributed by atoms with E-state index in [0.29, 0.717) is 38.2 Å². The largest absolute Gasteiger partial charge is 0.490 e. The average molecular weight is 519 g/mol. The summed E-state index contributed by atoms with van der Waals surface area (Å²) in [6, 6.07) is 5.81. The lowest BCUT2D eigenvalue weighted by atomic mass is 10.1. The number of hydrogen-bond acceptors (Lipinski definition) is 5. The maximum atomic E-state index is 13.6. The first-order chi connectivity index (χ1) is 17.1. The van der Waals surface area contributed by atoms with Gasteiger partial charge in [0.25, 0.3) is 5.91 Å². The Balaban J connectivity index is 0.000000572. The molecule has 1 aromatic carbocycles. The Bertz CT molecular complexity index is 857. The molecule has 0 bridgehead atoms.